The van der Waals surface area contributed by atoms with Gasteiger partial charge in [-0.1, -0.05) is 0 Å². The topological polar surface area (TPSA) is 73.4 Å². The van der Waals surface area contributed by atoms with Crippen LogP contribution in [0.15, 0.2) is 12.5 Å². The van der Waals surface area contributed by atoms with E-state index in [1.54, 1.807) is 12.5 Å². The summed E-state index contributed by atoms with van der Waals surface area (Å²) in [5, 5.41) is 0. The first-order chi connectivity index (χ1) is 8.31. The van der Waals surface area contributed by atoms with E-state index in [2.05, 4.69) is 4.98 Å². The molecule has 0 saturated carbocycles. The molecule has 2 heterocycles. The zero-order chi connectivity index (χ0) is 12.1. The Morgan fingerprint density at radius 2 is 2.24 bits per heavy atom. The van der Waals surface area contributed by atoms with E-state index in [1.807, 2.05) is 9.47 Å². The van der Waals surface area contributed by atoms with Gasteiger partial charge in [-0.05, 0) is 0 Å². The lowest BCUT2D eigenvalue weighted by Gasteiger charge is -2.27. The summed E-state index contributed by atoms with van der Waals surface area (Å²) in [5.74, 6) is 0.171. The average Bonchev–Trinajstić information content (AvgIpc) is 2.84. The van der Waals surface area contributed by atoms with Crippen molar-refractivity contribution in [3.8, 4) is 0 Å². The standard InChI is InChI=1S/C11H18N4O2/c12-7-10-8-13-9-15(10)2-1-11(16)14-3-5-17-6-4-14/h8-9H,1-7,12H2. The molecule has 0 atom stereocenters. The maximum absolute atomic E-state index is 11.9. The van der Waals surface area contributed by atoms with Gasteiger partial charge in [0.05, 0.1) is 25.2 Å². The van der Waals surface area contributed by atoms with Crippen molar-refractivity contribution in [2.45, 2.75) is 19.5 Å². The summed E-state index contributed by atoms with van der Waals surface area (Å²) in [5.41, 5.74) is 6.53. The van der Waals surface area contributed by atoms with Crippen LogP contribution in [0.3, 0.4) is 0 Å². The zero-order valence-electron chi connectivity index (χ0n) is 9.84. The van der Waals surface area contributed by atoms with Gasteiger partial charge in [0.1, 0.15) is 0 Å². The largest absolute Gasteiger partial charge is 0.378 e. The monoisotopic (exact) mass is 238 g/mol. The number of imidazole rings is 1. The molecule has 17 heavy (non-hydrogen) atoms. The second-order valence-electron chi connectivity index (χ2n) is 4.03. The van der Waals surface area contributed by atoms with Crippen molar-refractivity contribution in [1.29, 1.82) is 0 Å². The van der Waals surface area contributed by atoms with Crippen molar-refractivity contribution in [3.05, 3.63) is 18.2 Å². The van der Waals surface area contributed by atoms with E-state index in [0.717, 1.165) is 5.69 Å². The van der Waals surface area contributed by atoms with Crippen LogP contribution in [0.5, 0.6) is 0 Å². The summed E-state index contributed by atoms with van der Waals surface area (Å²) in [6.45, 7) is 3.78. The highest BCUT2D eigenvalue weighted by Gasteiger charge is 2.16. The Labute approximate surface area is 100 Å². The molecule has 1 saturated heterocycles. The van der Waals surface area contributed by atoms with Crippen LogP contribution in [0.2, 0.25) is 0 Å². The van der Waals surface area contributed by atoms with Crippen molar-refractivity contribution in [3.63, 3.8) is 0 Å². The first-order valence-corrected chi connectivity index (χ1v) is 5.86. The Morgan fingerprint density at radius 3 is 2.94 bits per heavy atom. The molecule has 0 spiro atoms. The van der Waals surface area contributed by atoms with Crippen LogP contribution in [-0.2, 0) is 22.6 Å². The van der Waals surface area contributed by atoms with Crippen LogP contribution in [0.1, 0.15) is 12.1 Å². The first kappa shape index (κ1) is 12.1. The van der Waals surface area contributed by atoms with Gasteiger partial charge in [-0.25, -0.2) is 4.98 Å². The molecule has 1 aromatic heterocycles. The highest BCUT2D eigenvalue weighted by Crippen LogP contribution is 2.04. The fraction of sp³-hybridized carbons (Fsp3) is 0.636. The Hall–Kier alpha value is -1.40. The minimum Gasteiger partial charge on any atom is -0.378 e. The fourth-order valence-electron chi connectivity index (χ4n) is 1.91. The van der Waals surface area contributed by atoms with Gasteiger partial charge in [-0.15, -0.1) is 0 Å². The smallest absolute Gasteiger partial charge is 0.224 e. The lowest BCUT2D eigenvalue weighted by atomic mass is 10.3. The number of aromatic nitrogens is 2. The zero-order valence-corrected chi connectivity index (χ0v) is 9.84. The van der Waals surface area contributed by atoms with Gasteiger partial charge >= 0.3 is 0 Å². The van der Waals surface area contributed by atoms with Gasteiger partial charge in [0.2, 0.25) is 5.91 Å². The molecular weight excluding hydrogens is 220 g/mol. The molecule has 0 aromatic carbocycles. The molecule has 94 valence electrons. The minimum absolute atomic E-state index is 0.171. The van der Waals surface area contributed by atoms with Crippen molar-refractivity contribution < 1.29 is 9.53 Å². The number of ether oxygens (including phenoxy) is 1. The summed E-state index contributed by atoms with van der Waals surface area (Å²) < 4.78 is 7.14. The Kier molecular flexibility index (Phi) is 4.11. The normalized spacial score (nSPS) is 16.2. The number of hydrogen-bond donors (Lipinski definition) is 1. The maximum atomic E-state index is 11.9. The lowest BCUT2D eigenvalue weighted by Crippen LogP contribution is -2.41. The van der Waals surface area contributed by atoms with Crippen molar-refractivity contribution in [2.24, 2.45) is 5.73 Å². The van der Waals surface area contributed by atoms with Crippen LogP contribution < -0.4 is 5.73 Å². The number of hydrogen-bond acceptors (Lipinski definition) is 4. The first-order valence-electron chi connectivity index (χ1n) is 5.86. The number of aryl methyl sites for hydroxylation is 1. The van der Waals surface area contributed by atoms with Crippen LogP contribution in [0.4, 0.5) is 0 Å². The van der Waals surface area contributed by atoms with E-state index in [4.69, 9.17) is 10.5 Å². The Morgan fingerprint density at radius 1 is 1.47 bits per heavy atom. The third kappa shape index (κ3) is 3.04. The number of carbonyl (C=O) groups excluding carboxylic acids is 1. The minimum atomic E-state index is 0.171. The predicted molar refractivity (Wildman–Crippen MR) is 62.1 cm³/mol. The Balaban J connectivity index is 1.83. The molecule has 0 radical (unpaired) electrons. The molecule has 0 bridgehead atoms. The van der Waals surface area contributed by atoms with E-state index in [-0.39, 0.29) is 5.91 Å². The Bertz CT molecular complexity index is 371. The summed E-state index contributed by atoms with van der Waals surface area (Å²) in [4.78, 5) is 17.8. The quantitative estimate of drug-likeness (QED) is 0.774. The molecule has 0 unspecified atom stereocenters. The lowest BCUT2D eigenvalue weighted by molar-refractivity contribution is -0.135. The third-order valence-corrected chi connectivity index (χ3v) is 2.94. The van der Waals surface area contributed by atoms with Gasteiger partial charge in [0, 0.05) is 38.8 Å². The molecule has 2 N–H and O–H groups in total. The van der Waals surface area contributed by atoms with Crippen LogP contribution >= 0.6 is 0 Å². The predicted octanol–water partition coefficient (Wildman–Crippen LogP) is -0.409. The van der Waals surface area contributed by atoms with Crippen LogP contribution in [0, 0.1) is 0 Å². The van der Waals surface area contributed by atoms with Gasteiger partial charge in [0.15, 0.2) is 0 Å². The second kappa shape index (κ2) is 5.79. The van der Waals surface area contributed by atoms with Crippen LogP contribution in [0.25, 0.3) is 0 Å². The number of nitrogens with zero attached hydrogens (tertiary/aromatic N) is 3. The van der Waals surface area contributed by atoms with Crippen molar-refractivity contribution in [1.82, 2.24) is 14.5 Å². The second-order valence-corrected chi connectivity index (χ2v) is 4.03. The molecule has 1 fully saturated rings. The van der Waals surface area contributed by atoms with E-state index in [0.29, 0.717) is 45.8 Å². The number of rotatable bonds is 4. The molecular formula is C11H18N4O2. The summed E-state index contributed by atoms with van der Waals surface area (Å²) in [6, 6.07) is 0. The summed E-state index contributed by atoms with van der Waals surface area (Å²) in [6.07, 6.45) is 3.94. The fourth-order valence-corrected chi connectivity index (χ4v) is 1.91. The van der Waals surface area contributed by atoms with E-state index < -0.39 is 0 Å². The summed E-state index contributed by atoms with van der Waals surface area (Å²) in [7, 11) is 0. The van der Waals surface area contributed by atoms with E-state index >= 15 is 0 Å². The molecule has 1 amide bonds. The number of morpholine rings is 1. The van der Waals surface area contributed by atoms with Gasteiger partial charge in [-0.3, -0.25) is 4.79 Å². The molecule has 1 aliphatic rings. The maximum Gasteiger partial charge on any atom is 0.224 e. The molecule has 1 aliphatic heterocycles. The molecule has 2 rings (SSSR count). The van der Waals surface area contributed by atoms with Crippen LogP contribution in [-0.4, -0.2) is 46.7 Å². The third-order valence-electron chi connectivity index (χ3n) is 2.94. The van der Waals surface area contributed by atoms with Crippen molar-refractivity contribution >= 4 is 5.91 Å². The van der Waals surface area contributed by atoms with Crippen molar-refractivity contribution in [2.75, 3.05) is 26.3 Å². The summed E-state index contributed by atoms with van der Waals surface area (Å²) >= 11 is 0. The highest BCUT2D eigenvalue weighted by molar-refractivity contribution is 5.76. The SMILES string of the molecule is NCc1cncn1CCC(=O)N1CCOCC1. The number of amides is 1. The number of nitrogens with two attached hydrogens (primary N) is 1. The molecule has 6 nitrogen and oxygen atoms in total. The van der Waals surface area contributed by atoms with Gasteiger partial charge < -0.3 is 19.9 Å². The average molecular weight is 238 g/mol. The highest BCUT2D eigenvalue weighted by atomic mass is 16.5. The molecule has 0 aliphatic carbocycles. The molecule has 6 heteroatoms. The number of carbonyl (C=O) groups is 1. The van der Waals surface area contributed by atoms with E-state index in [9.17, 15) is 4.79 Å². The van der Waals surface area contributed by atoms with E-state index in [1.165, 1.54) is 0 Å². The van der Waals surface area contributed by atoms with Gasteiger partial charge in [-0.2, -0.15) is 0 Å². The molecule has 1 aromatic rings. The van der Waals surface area contributed by atoms with Gasteiger partial charge in [0.25, 0.3) is 0 Å².